The van der Waals surface area contributed by atoms with Crippen molar-refractivity contribution in [3.63, 3.8) is 0 Å². The molecule has 1 aromatic carbocycles. The Labute approximate surface area is 119 Å². The number of halogens is 1. The number of hydrogen-bond acceptors (Lipinski definition) is 2. The molecule has 0 saturated carbocycles. The second-order valence-corrected chi connectivity index (χ2v) is 5.57. The van der Waals surface area contributed by atoms with Gasteiger partial charge in [0, 0.05) is 17.6 Å². The molecule has 104 valence electrons. The molecule has 1 amide bonds. The summed E-state index contributed by atoms with van der Waals surface area (Å²) in [6.45, 7) is 4.98. The van der Waals surface area contributed by atoms with Crippen molar-refractivity contribution in [1.29, 1.82) is 0 Å². The van der Waals surface area contributed by atoms with Gasteiger partial charge in [0.2, 0.25) is 0 Å². The number of benzene rings is 1. The summed E-state index contributed by atoms with van der Waals surface area (Å²) < 4.78 is 5.61. The lowest BCUT2D eigenvalue weighted by molar-refractivity contribution is -0.136. The number of carbonyl (C=O) groups is 1. The predicted octanol–water partition coefficient (Wildman–Crippen LogP) is 3.43. The molecule has 0 radical (unpaired) electrons. The summed E-state index contributed by atoms with van der Waals surface area (Å²) in [7, 11) is 0. The van der Waals surface area contributed by atoms with Crippen molar-refractivity contribution in [2.75, 3.05) is 13.2 Å². The van der Waals surface area contributed by atoms with Gasteiger partial charge in [0.15, 0.2) is 6.61 Å². The molecule has 1 heterocycles. The average Bonchev–Trinajstić information content (AvgIpc) is 2.38. The van der Waals surface area contributed by atoms with E-state index in [1.165, 1.54) is 6.42 Å². The van der Waals surface area contributed by atoms with Crippen LogP contribution in [-0.4, -0.2) is 30.0 Å². The number of ether oxygens (including phenoxy) is 1. The largest absolute Gasteiger partial charge is 0.483 e. The molecule has 1 aliphatic rings. The molecule has 0 aromatic heterocycles. The summed E-state index contributed by atoms with van der Waals surface area (Å²) in [4.78, 5) is 14.1. The molecule has 1 atom stereocenters. The van der Waals surface area contributed by atoms with Crippen LogP contribution in [0.25, 0.3) is 0 Å². The van der Waals surface area contributed by atoms with E-state index in [9.17, 15) is 4.79 Å². The van der Waals surface area contributed by atoms with Gasteiger partial charge in [-0.05, 0) is 56.9 Å². The number of likely N-dealkylation sites (tertiary alicyclic amines) is 1. The third-order valence-electron chi connectivity index (χ3n) is 3.61. The van der Waals surface area contributed by atoms with E-state index >= 15 is 0 Å². The molecule has 0 bridgehead atoms. The summed E-state index contributed by atoms with van der Waals surface area (Å²) >= 11 is 5.89. The van der Waals surface area contributed by atoms with E-state index in [1.807, 2.05) is 24.0 Å². The number of aryl methyl sites for hydroxylation is 1. The van der Waals surface area contributed by atoms with Crippen molar-refractivity contribution < 1.29 is 9.53 Å². The number of rotatable bonds is 3. The highest BCUT2D eigenvalue weighted by Gasteiger charge is 2.23. The van der Waals surface area contributed by atoms with E-state index < -0.39 is 0 Å². The van der Waals surface area contributed by atoms with E-state index in [0.29, 0.717) is 11.1 Å². The zero-order valence-electron chi connectivity index (χ0n) is 11.5. The van der Waals surface area contributed by atoms with E-state index in [1.54, 1.807) is 6.07 Å². The molecule has 1 saturated heterocycles. The lowest BCUT2D eigenvalue weighted by Crippen LogP contribution is -2.44. The van der Waals surface area contributed by atoms with Crippen LogP contribution in [0.1, 0.15) is 31.7 Å². The normalized spacial score (nSPS) is 19.3. The van der Waals surface area contributed by atoms with Gasteiger partial charge in [-0.25, -0.2) is 0 Å². The van der Waals surface area contributed by atoms with Crippen molar-refractivity contribution in [3.05, 3.63) is 28.8 Å². The highest BCUT2D eigenvalue weighted by atomic mass is 35.5. The molecule has 1 fully saturated rings. The van der Waals surface area contributed by atoms with Crippen molar-refractivity contribution in [2.24, 2.45) is 0 Å². The lowest BCUT2D eigenvalue weighted by atomic mass is 10.0. The first-order chi connectivity index (χ1) is 9.08. The summed E-state index contributed by atoms with van der Waals surface area (Å²) in [5, 5.41) is 0.681. The first-order valence-electron chi connectivity index (χ1n) is 6.76. The molecule has 4 heteroatoms. The lowest BCUT2D eigenvalue weighted by Gasteiger charge is -2.33. The first-order valence-corrected chi connectivity index (χ1v) is 7.14. The van der Waals surface area contributed by atoms with E-state index in [2.05, 4.69) is 6.92 Å². The molecular weight excluding hydrogens is 262 g/mol. The van der Waals surface area contributed by atoms with Gasteiger partial charge in [-0.3, -0.25) is 4.79 Å². The van der Waals surface area contributed by atoms with Gasteiger partial charge in [0.1, 0.15) is 5.75 Å². The van der Waals surface area contributed by atoms with Crippen LogP contribution in [0.4, 0.5) is 0 Å². The Hall–Kier alpha value is -1.22. The maximum absolute atomic E-state index is 12.1. The van der Waals surface area contributed by atoms with Gasteiger partial charge in [-0.1, -0.05) is 11.6 Å². The molecule has 0 N–H and O–H groups in total. The fourth-order valence-corrected chi connectivity index (χ4v) is 2.69. The average molecular weight is 282 g/mol. The predicted molar refractivity (Wildman–Crippen MR) is 76.7 cm³/mol. The van der Waals surface area contributed by atoms with Gasteiger partial charge in [0.05, 0.1) is 0 Å². The van der Waals surface area contributed by atoms with Crippen LogP contribution >= 0.6 is 11.6 Å². The van der Waals surface area contributed by atoms with Crippen LogP contribution in [-0.2, 0) is 4.79 Å². The van der Waals surface area contributed by atoms with Gasteiger partial charge >= 0.3 is 0 Å². The Kier molecular flexibility index (Phi) is 4.70. The number of carbonyl (C=O) groups excluding carboxylic acids is 1. The van der Waals surface area contributed by atoms with Crippen LogP contribution in [0, 0.1) is 6.92 Å². The van der Waals surface area contributed by atoms with Crippen molar-refractivity contribution in [2.45, 2.75) is 39.2 Å². The number of piperidine rings is 1. The SMILES string of the molecule is Cc1cc(Cl)ccc1OCC(=O)N1CCCC[C@@H]1C. The summed E-state index contributed by atoms with van der Waals surface area (Å²) in [5.41, 5.74) is 0.951. The minimum absolute atomic E-state index is 0.0709. The van der Waals surface area contributed by atoms with Crippen LogP contribution in [0.15, 0.2) is 18.2 Å². The molecule has 0 spiro atoms. The van der Waals surface area contributed by atoms with Gasteiger partial charge < -0.3 is 9.64 Å². The number of nitrogens with zero attached hydrogens (tertiary/aromatic N) is 1. The van der Waals surface area contributed by atoms with Crippen LogP contribution in [0.3, 0.4) is 0 Å². The molecule has 19 heavy (non-hydrogen) atoms. The molecule has 0 unspecified atom stereocenters. The van der Waals surface area contributed by atoms with Crippen LogP contribution in [0.2, 0.25) is 5.02 Å². The molecular formula is C15H20ClNO2. The first kappa shape index (κ1) is 14.2. The van der Waals surface area contributed by atoms with Gasteiger partial charge in [0.25, 0.3) is 5.91 Å². The minimum Gasteiger partial charge on any atom is -0.483 e. The second-order valence-electron chi connectivity index (χ2n) is 5.13. The van der Waals surface area contributed by atoms with E-state index in [0.717, 1.165) is 30.7 Å². The molecule has 2 rings (SSSR count). The molecule has 3 nitrogen and oxygen atoms in total. The quantitative estimate of drug-likeness (QED) is 0.849. The van der Waals surface area contributed by atoms with Crippen molar-refractivity contribution >= 4 is 17.5 Å². The maximum Gasteiger partial charge on any atom is 0.260 e. The Morgan fingerprint density at radius 1 is 1.47 bits per heavy atom. The fraction of sp³-hybridized carbons (Fsp3) is 0.533. The Balaban J connectivity index is 1.92. The monoisotopic (exact) mass is 281 g/mol. The van der Waals surface area contributed by atoms with Crippen molar-refractivity contribution in [3.8, 4) is 5.75 Å². The van der Waals surface area contributed by atoms with Crippen LogP contribution in [0.5, 0.6) is 5.75 Å². The van der Waals surface area contributed by atoms with Crippen LogP contribution < -0.4 is 4.74 Å². The smallest absolute Gasteiger partial charge is 0.260 e. The van der Waals surface area contributed by atoms with Gasteiger partial charge in [-0.15, -0.1) is 0 Å². The third kappa shape index (κ3) is 3.63. The zero-order valence-corrected chi connectivity index (χ0v) is 12.2. The standard InChI is InChI=1S/C15H20ClNO2/c1-11-9-13(16)6-7-14(11)19-10-15(18)17-8-4-3-5-12(17)2/h6-7,9,12H,3-5,8,10H2,1-2H3/t12-/m0/s1. The molecule has 1 aliphatic heterocycles. The molecule has 0 aliphatic carbocycles. The summed E-state index contributed by atoms with van der Waals surface area (Å²) in [5.74, 6) is 0.795. The number of amides is 1. The minimum atomic E-state index is 0.0709. The highest BCUT2D eigenvalue weighted by Crippen LogP contribution is 2.22. The zero-order chi connectivity index (χ0) is 13.8. The second kappa shape index (κ2) is 6.29. The van der Waals surface area contributed by atoms with E-state index in [-0.39, 0.29) is 12.5 Å². The Bertz CT molecular complexity index is 461. The highest BCUT2D eigenvalue weighted by molar-refractivity contribution is 6.30. The Morgan fingerprint density at radius 2 is 2.26 bits per heavy atom. The fourth-order valence-electron chi connectivity index (χ4n) is 2.47. The topological polar surface area (TPSA) is 29.5 Å². The number of hydrogen-bond donors (Lipinski definition) is 0. The molecule has 1 aromatic rings. The van der Waals surface area contributed by atoms with Crippen molar-refractivity contribution in [1.82, 2.24) is 4.90 Å². The van der Waals surface area contributed by atoms with E-state index in [4.69, 9.17) is 16.3 Å². The summed E-state index contributed by atoms with van der Waals surface area (Å²) in [6, 6.07) is 5.75. The maximum atomic E-state index is 12.1. The van der Waals surface area contributed by atoms with Gasteiger partial charge in [-0.2, -0.15) is 0 Å². The summed E-state index contributed by atoms with van der Waals surface area (Å²) in [6.07, 6.45) is 3.39. The third-order valence-corrected chi connectivity index (χ3v) is 3.85. The Morgan fingerprint density at radius 3 is 2.95 bits per heavy atom.